The lowest BCUT2D eigenvalue weighted by atomic mass is 10.1. The smallest absolute Gasteiger partial charge is 0.226 e. The Morgan fingerprint density at radius 3 is 2.31 bits per heavy atom. The van der Waals surface area contributed by atoms with Gasteiger partial charge >= 0.3 is 0 Å². The summed E-state index contributed by atoms with van der Waals surface area (Å²) in [7, 11) is -3.55. The Bertz CT molecular complexity index is 994. The zero-order chi connectivity index (χ0) is 18.6. The third kappa shape index (κ3) is 4.37. The maximum Gasteiger partial charge on any atom is 0.226 e. The first kappa shape index (κ1) is 17.9. The van der Waals surface area contributed by atoms with Crippen LogP contribution in [-0.2, 0) is 14.6 Å². The molecule has 0 bridgehead atoms. The number of carbonyl (C=O) groups excluding carboxylic acids is 1. The van der Waals surface area contributed by atoms with Crippen LogP contribution in [0, 0.1) is 6.92 Å². The number of amides is 1. The molecule has 7 heteroatoms. The predicted octanol–water partition coefficient (Wildman–Crippen LogP) is 3.45. The van der Waals surface area contributed by atoms with Gasteiger partial charge in [-0.1, -0.05) is 47.6 Å². The highest BCUT2D eigenvalue weighted by atomic mass is 32.2. The van der Waals surface area contributed by atoms with E-state index in [4.69, 9.17) is 4.52 Å². The summed E-state index contributed by atoms with van der Waals surface area (Å²) in [5, 5.41) is 6.15. The highest BCUT2D eigenvalue weighted by Crippen LogP contribution is 2.22. The SMILES string of the molecule is Cc1cc(NC(=O)CCS(=O)(=O)c2ccc(-c3ccccc3)cc2)no1. The Labute approximate surface area is 151 Å². The molecule has 0 saturated heterocycles. The van der Waals surface area contributed by atoms with Gasteiger partial charge in [0.15, 0.2) is 15.7 Å². The Balaban J connectivity index is 1.63. The van der Waals surface area contributed by atoms with E-state index in [2.05, 4.69) is 10.5 Å². The second-order valence-electron chi connectivity index (χ2n) is 5.83. The van der Waals surface area contributed by atoms with Crippen molar-refractivity contribution in [3.63, 3.8) is 0 Å². The molecule has 1 aromatic heterocycles. The van der Waals surface area contributed by atoms with Crippen molar-refractivity contribution in [1.29, 1.82) is 0 Å². The van der Waals surface area contributed by atoms with Crippen molar-refractivity contribution in [2.75, 3.05) is 11.1 Å². The lowest BCUT2D eigenvalue weighted by Crippen LogP contribution is -2.17. The minimum atomic E-state index is -3.55. The van der Waals surface area contributed by atoms with E-state index in [-0.39, 0.29) is 22.9 Å². The summed E-state index contributed by atoms with van der Waals surface area (Å²) < 4.78 is 29.7. The molecule has 0 atom stereocenters. The van der Waals surface area contributed by atoms with E-state index in [9.17, 15) is 13.2 Å². The van der Waals surface area contributed by atoms with E-state index in [0.717, 1.165) is 11.1 Å². The molecule has 1 heterocycles. The topological polar surface area (TPSA) is 89.3 Å². The zero-order valence-corrected chi connectivity index (χ0v) is 15.0. The molecule has 0 unspecified atom stereocenters. The number of sulfone groups is 1. The molecule has 26 heavy (non-hydrogen) atoms. The van der Waals surface area contributed by atoms with Gasteiger partial charge in [-0.3, -0.25) is 4.79 Å². The molecular formula is C19H18N2O4S. The van der Waals surface area contributed by atoms with Gasteiger partial charge < -0.3 is 9.84 Å². The number of benzene rings is 2. The third-order valence-corrected chi connectivity index (χ3v) is 5.55. The number of rotatable bonds is 6. The summed E-state index contributed by atoms with van der Waals surface area (Å²) in [6.07, 6.45) is -0.158. The van der Waals surface area contributed by atoms with Crippen LogP contribution in [0.5, 0.6) is 0 Å². The van der Waals surface area contributed by atoms with Crippen LogP contribution in [0.3, 0.4) is 0 Å². The van der Waals surface area contributed by atoms with Crippen LogP contribution in [0.25, 0.3) is 11.1 Å². The van der Waals surface area contributed by atoms with Gasteiger partial charge in [0.2, 0.25) is 5.91 Å². The number of hydrogen-bond donors (Lipinski definition) is 1. The van der Waals surface area contributed by atoms with E-state index in [1.165, 1.54) is 0 Å². The second-order valence-corrected chi connectivity index (χ2v) is 7.94. The number of nitrogens with zero attached hydrogens (tertiary/aromatic N) is 1. The van der Waals surface area contributed by atoms with Crippen LogP contribution in [0.15, 0.2) is 70.1 Å². The summed E-state index contributed by atoms with van der Waals surface area (Å²) in [6, 6.07) is 17.9. The second kappa shape index (κ2) is 7.53. The third-order valence-electron chi connectivity index (χ3n) is 3.81. The lowest BCUT2D eigenvalue weighted by molar-refractivity contribution is -0.115. The summed E-state index contributed by atoms with van der Waals surface area (Å²) in [6.45, 7) is 1.70. The molecule has 1 amide bonds. The first-order valence-corrected chi connectivity index (χ1v) is 9.71. The van der Waals surface area contributed by atoms with Gasteiger partial charge in [0.25, 0.3) is 0 Å². The van der Waals surface area contributed by atoms with Crippen LogP contribution in [0.2, 0.25) is 0 Å². The van der Waals surface area contributed by atoms with Crippen molar-refractivity contribution in [3.8, 4) is 11.1 Å². The molecule has 0 aliphatic heterocycles. The van der Waals surface area contributed by atoms with Crippen LogP contribution in [0.4, 0.5) is 5.82 Å². The van der Waals surface area contributed by atoms with Crippen molar-refractivity contribution >= 4 is 21.6 Å². The fourth-order valence-electron chi connectivity index (χ4n) is 2.46. The molecule has 0 aliphatic rings. The van der Waals surface area contributed by atoms with E-state index in [1.54, 1.807) is 37.3 Å². The van der Waals surface area contributed by atoms with Gasteiger partial charge in [-0.15, -0.1) is 0 Å². The number of aryl methyl sites for hydroxylation is 1. The average Bonchev–Trinajstić information content (AvgIpc) is 3.06. The number of nitrogens with one attached hydrogen (secondary N) is 1. The fourth-order valence-corrected chi connectivity index (χ4v) is 3.70. The summed E-state index contributed by atoms with van der Waals surface area (Å²) in [5.41, 5.74) is 1.95. The highest BCUT2D eigenvalue weighted by molar-refractivity contribution is 7.91. The van der Waals surface area contributed by atoms with E-state index < -0.39 is 15.7 Å². The van der Waals surface area contributed by atoms with Crippen LogP contribution < -0.4 is 5.32 Å². The molecule has 0 fully saturated rings. The van der Waals surface area contributed by atoms with Gasteiger partial charge in [-0.2, -0.15) is 0 Å². The number of carbonyl (C=O) groups is 1. The van der Waals surface area contributed by atoms with Crippen LogP contribution in [-0.4, -0.2) is 25.2 Å². The van der Waals surface area contributed by atoms with Crippen LogP contribution >= 0.6 is 0 Å². The number of aromatic nitrogens is 1. The molecule has 0 spiro atoms. The van der Waals surface area contributed by atoms with Gasteiger partial charge in [0.1, 0.15) is 5.76 Å². The Kier molecular flexibility index (Phi) is 5.18. The van der Waals surface area contributed by atoms with Crippen molar-refractivity contribution in [2.45, 2.75) is 18.2 Å². The summed E-state index contributed by atoms with van der Waals surface area (Å²) >= 11 is 0. The molecule has 3 aromatic rings. The van der Waals surface area contributed by atoms with Crippen molar-refractivity contribution < 1.29 is 17.7 Å². The minimum Gasteiger partial charge on any atom is -0.360 e. The molecule has 6 nitrogen and oxygen atoms in total. The maximum atomic E-state index is 12.4. The maximum absolute atomic E-state index is 12.4. The number of hydrogen-bond acceptors (Lipinski definition) is 5. The highest BCUT2D eigenvalue weighted by Gasteiger charge is 2.17. The quantitative estimate of drug-likeness (QED) is 0.718. The lowest BCUT2D eigenvalue weighted by Gasteiger charge is -2.06. The van der Waals surface area contributed by atoms with Gasteiger partial charge in [-0.25, -0.2) is 8.42 Å². The molecule has 3 rings (SSSR count). The summed E-state index contributed by atoms with van der Waals surface area (Å²) in [4.78, 5) is 12.1. The molecule has 134 valence electrons. The Morgan fingerprint density at radius 2 is 1.69 bits per heavy atom. The largest absolute Gasteiger partial charge is 0.360 e. The minimum absolute atomic E-state index is 0.158. The molecule has 0 aliphatic carbocycles. The molecule has 0 saturated carbocycles. The van der Waals surface area contributed by atoms with E-state index in [1.807, 2.05) is 30.3 Å². The van der Waals surface area contributed by atoms with Crippen LogP contribution in [0.1, 0.15) is 12.2 Å². The number of anilines is 1. The molecular weight excluding hydrogens is 352 g/mol. The average molecular weight is 370 g/mol. The monoisotopic (exact) mass is 370 g/mol. The fraction of sp³-hybridized carbons (Fsp3) is 0.158. The Morgan fingerprint density at radius 1 is 1.04 bits per heavy atom. The normalized spacial score (nSPS) is 11.3. The first-order chi connectivity index (χ1) is 12.4. The van der Waals surface area contributed by atoms with E-state index in [0.29, 0.717) is 5.76 Å². The molecule has 1 N–H and O–H groups in total. The van der Waals surface area contributed by atoms with Gasteiger partial charge in [0, 0.05) is 12.5 Å². The summed E-state index contributed by atoms with van der Waals surface area (Å²) in [5.74, 6) is 0.131. The van der Waals surface area contributed by atoms with Gasteiger partial charge in [-0.05, 0) is 30.2 Å². The van der Waals surface area contributed by atoms with Gasteiger partial charge in [0.05, 0.1) is 10.6 Å². The molecule has 2 aromatic carbocycles. The molecule has 0 radical (unpaired) electrons. The van der Waals surface area contributed by atoms with Crippen molar-refractivity contribution in [1.82, 2.24) is 5.16 Å². The van der Waals surface area contributed by atoms with E-state index >= 15 is 0 Å². The van der Waals surface area contributed by atoms with Crippen molar-refractivity contribution in [3.05, 3.63) is 66.4 Å². The zero-order valence-electron chi connectivity index (χ0n) is 14.2. The standard InChI is InChI=1S/C19H18N2O4S/c1-14-13-18(21-25-14)20-19(22)11-12-26(23,24)17-9-7-16(8-10-17)15-5-3-2-4-6-15/h2-10,13H,11-12H2,1H3,(H,20,21,22). The van der Waals surface area contributed by atoms with Crippen molar-refractivity contribution in [2.24, 2.45) is 0 Å². The Hall–Kier alpha value is -2.93. The predicted molar refractivity (Wildman–Crippen MR) is 98.4 cm³/mol. The first-order valence-electron chi connectivity index (χ1n) is 8.05.